The van der Waals surface area contributed by atoms with Crippen LogP contribution in [0.2, 0.25) is 0 Å². The molecule has 24 heavy (non-hydrogen) atoms. The summed E-state index contributed by atoms with van der Waals surface area (Å²) in [7, 11) is 0. The van der Waals surface area contributed by atoms with Crippen LogP contribution in [0.1, 0.15) is 36.4 Å². The van der Waals surface area contributed by atoms with E-state index in [0.29, 0.717) is 0 Å². The molecule has 1 aromatic heterocycles. The van der Waals surface area contributed by atoms with E-state index in [4.69, 9.17) is 10.7 Å². The molecule has 0 bridgehead atoms. The first-order valence-corrected chi connectivity index (χ1v) is 8.63. The molecule has 2 N–H and O–H groups in total. The monoisotopic (exact) mass is 321 g/mol. The fraction of sp³-hybridized carbons (Fsp3) is 0.381. The summed E-state index contributed by atoms with van der Waals surface area (Å²) in [6.07, 6.45) is 1.92. The molecule has 0 amide bonds. The number of aryl methyl sites for hydroxylation is 4. The summed E-state index contributed by atoms with van der Waals surface area (Å²) in [6.45, 7) is 9.21. The molecule has 0 fully saturated rings. The predicted molar refractivity (Wildman–Crippen MR) is 101 cm³/mol. The standard InChI is InChI=1S/C21H27N3/c1-15-12-18-19(13-16(15)2)24(14-21(3,4)22)20(23-18)11-10-17-8-6-5-7-9-17/h5-9,12-13H,10-11,14,22H2,1-4H3. The van der Waals surface area contributed by atoms with Gasteiger partial charge in [-0.3, -0.25) is 0 Å². The van der Waals surface area contributed by atoms with Crippen molar-refractivity contribution in [3.8, 4) is 0 Å². The zero-order valence-corrected chi connectivity index (χ0v) is 15.1. The van der Waals surface area contributed by atoms with Crippen LogP contribution >= 0.6 is 0 Å². The fourth-order valence-corrected chi connectivity index (χ4v) is 3.11. The van der Waals surface area contributed by atoms with Crippen LogP contribution in [0.15, 0.2) is 42.5 Å². The van der Waals surface area contributed by atoms with Crippen LogP contribution < -0.4 is 5.73 Å². The quantitative estimate of drug-likeness (QED) is 0.766. The maximum Gasteiger partial charge on any atom is 0.110 e. The Labute approximate surface area is 144 Å². The lowest BCUT2D eigenvalue weighted by molar-refractivity contribution is 0.431. The lowest BCUT2D eigenvalue weighted by Gasteiger charge is -2.21. The van der Waals surface area contributed by atoms with Gasteiger partial charge in [0.1, 0.15) is 5.82 Å². The maximum absolute atomic E-state index is 6.31. The average molecular weight is 321 g/mol. The number of fused-ring (bicyclic) bond motifs is 1. The van der Waals surface area contributed by atoms with E-state index in [1.54, 1.807) is 0 Å². The molecule has 0 atom stereocenters. The molecule has 3 nitrogen and oxygen atoms in total. The van der Waals surface area contributed by atoms with Crippen LogP contribution in [-0.2, 0) is 19.4 Å². The number of benzene rings is 2. The van der Waals surface area contributed by atoms with Gasteiger partial charge >= 0.3 is 0 Å². The number of aromatic nitrogens is 2. The highest BCUT2D eigenvalue weighted by molar-refractivity contribution is 5.78. The van der Waals surface area contributed by atoms with Gasteiger partial charge in [-0.25, -0.2) is 4.98 Å². The first-order valence-electron chi connectivity index (χ1n) is 8.63. The molecule has 0 saturated carbocycles. The van der Waals surface area contributed by atoms with Crippen molar-refractivity contribution < 1.29 is 0 Å². The van der Waals surface area contributed by atoms with Gasteiger partial charge in [-0.2, -0.15) is 0 Å². The van der Waals surface area contributed by atoms with Crippen molar-refractivity contribution in [2.24, 2.45) is 5.73 Å². The van der Waals surface area contributed by atoms with Crippen molar-refractivity contribution in [2.75, 3.05) is 0 Å². The van der Waals surface area contributed by atoms with E-state index >= 15 is 0 Å². The van der Waals surface area contributed by atoms with Gasteiger partial charge in [-0.05, 0) is 62.9 Å². The lowest BCUT2D eigenvalue weighted by Crippen LogP contribution is -2.37. The molecule has 0 spiro atoms. The highest BCUT2D eigenvalue weighted by Gasteiger charge is 2.18. The van der Waals surface area contributed by atoms with Crippen LogP contribution in [0.4, 0.5) is 0 Å². The Morgan fingerprint density at radius 3 is 2.33 bits per heavy atom. The molecule has 0 aliphatic carbocycles. The minimum atomic E-state index is -0.270. The third-order valence-electron chi connectivity index (χ3n) is 4.49. The van der Waals surface area contributed by atoms with Gasteiger partial charge in [-0.1, -0.05) is 30.3 Å². The van der Waals surface area contributed by atoms with Gasteiger partial charge < -0.3 is 10.3 Å². The van der Waals surface area contributed by atoms with Gasteiger partial charge in [0.15, 0.2) is 0 Å². The summed E-state index contributed by atoms with van der Waals surface area (Å²) in [5.74, 6) is 1.12. The van der Waals surface area contributed by atoms with E-state index in [1.165, 1.54) is 22.2 Å². The highest BCUT2D eigenvalue weighted by atomic mass is 15.1. The van der Waals surface area contributed by atoms with E-state index in [2.05, 4.69) is 74.7 Å². The summed E-state index contributed by atoms with van der Waals surface area (Å²) in [4.78, 5) is 4.92. The Morgan fingerprint density at radius 1 is 1.00 bits per heavy atom. The normalized spacial score (nSPS) is 12.0. The molecule has 2 aromatic carbocycles. The van der Waals surface area contributed by atoms with Crippen LogP contribution in [0.25, 0.3) is 11.0 Å². The molecule has 0 aliphatic heterocycles. The third kappa shape index (κ3) is 3.68. The van der Waals surface area contributed by atoms with E-state index in [9.17, 15) is 0 Å². The van der Waals surface area contributed by atoms with Crippen LogP contribution in [0.5, 0.6) is 0 Å². The predicted octanol–water partition coefficient (Wildman–Crippen LogP) is 4.18. The fourth-order valence-electron chi connectivity index (χ4n) is 3.11. The van der Waals surface area contributed by atoms with Gasteiger partial charge in [0.2, 0.25) is 0 Å². The van der Waals surface area contributed by atoms with Crippen molar-refractivity contribution >= 4 is 11.0 Å². The van der Waals surface area contributed by atoms with Crippen molar-refractivity contribution in [3.63, 3.8) is 0 Å². The Morgan fingerprint density at radius 2 is 1.67 bits per heavy atom. The maximum atomic E-state index is 6.31. The molecule has 3 aromatic rings. The molecule has 0 radical (unpaired) electrons. The van der Waals surface area contributed by atoms with Crippen molar-refractivity contribution in [2.45, 2.75) is 52.6 Å². The molecule has 3 rings (SSSR count). The second kappa shape index (κ2) is 6.40. The summed E-state index contributed by atoms with van der Waals surface area (Å²) < 4.78 is 2.31. The first kappa shape index (κ1) is 16.7. The summed E-state index contributed by atoms with van der Waals surface area (Å²) in [5, 5.41) is 0. The highest BCUT2D eigenvalue weighted by Crippen LogP contribution is 2.23. The minimum absolute atomic E-state index is 0.270. The first-order chi connectivity index (χ1) is 11.3. The number of hydrogen-bond donors (Lipinski definition) is 1. The van der Waals surface area contributed by atoms with E-state index in [0.717, 1.165) is 30.7 Å². The van der Waals surface area contributed by atoms with Gasteiger partial charge in [0, 0.05) is 18.5 Å². The van der Waals surface area contributed by atoms with Crippen LogP contribution in [0.3, 0.4) is 0 Å². The Bertz CT molecular complexity index is 839. The van der Waals surface area contributed by atoms with E-state index in [1.807, 2.05) is 0 Å². The van der Waals surface area contributed by atoms with Gasteiger partial charge in [-0.15, -0.1) is 0 Å². The Kier molecular flexibility index (Phi) is 4.46. The number of rotatable bonds is 5. The molecule has 1 heterocycles. The topological polar surface area (TPSA) is 43.8 Å². The van der Waals surface area contributed by atoms with Crippen LogP contribution in [-0.4, -0.2) is 15.1 Å². The van der Waals surface area contributed by atoms with Crippen LogP contribution in [0, 0.1) is 13.8 Å². The molecular formula is C21H27N3. The third-order valence-corrected chi connectivity index (χ3v) is 4.49. The van der Waals surface area contributed by atoms with E-state index < -0.39 is 0 Å². The smallest absolute Gasteiger partial charge is 0.110 e. The van der Waals surface area contributed by atoms with Crippen molar-refractivity contribution in [1.29, 1.82) is 0 Å². The largest absolute Gasteiger partial charge is 0.326 e. The second-order valence-electron chi connectivity index (χ2n) is 7.51. The second-order valence-corrected chi connectivity index (χ2v) is 7.51. The number of nitrogens with zero attached hydrogens (tertiary/aromatic N) is 2. The molecule has 0 aliphatic rings. The Balaban J connectivity index is 2.00. The zero-order valence-electron chi connectivity index (χ0n) is 15.1. The molecule has 0 unspecified atom stereocenters. The molecule has 3 heteroatoms. The summed E-state index contributed by atoms with van der Waals surface area (Å²) in [5.41, 5.74) is 12.2. The molecule has 126 valence electrons. The number of imidazole rings is 1. The zero-order chi connectivity index (χ0) is 17.3. The Hall–Kier alpha value is -2.13. The van der Waals surface area contributed by atoms with Gasteiger partial charge in [0.05, 0.1) is 11.0 Å². The van der Waals surface area contributed by atoms with Gasteiger partial charge in [0.25, 0.3) is 0 Å². The van der Waals surface area contributed by atoms with E-state index in [-0.39, 0.29) is 5.54 Å². The van der Waals surface area contributed by atoms with Crippen molar-refractivity contribution in [3.05, 3.63) is 65.0 Å². The molecular weight excluding hydrogens is 294 g/mol. The SMILES string of the molecule is Cc1cc2nc(CCc3ccccc3)n(CC(C)(C)N)c2cc1C. The lowest BCUT2D eigenvalue weighted by atomic mass is 10.1. The average Bonchev–Trinajstić information content (AvgIpc) is 2.82. The molecule has 0 saturated heterocycles. The summed E-state index contributed by atoms with van der Waals surface area (Å²) in [6, 6.07) is 15.0. The van der Waals surface area contributed by atoms with Crippen molar-refractivity contribution in [1.82, 2.24) is 9.55 Å². The number of nitrogens with two attached hydrogens (primary N) is 1. The minimum Gasteiger partial charge on any atom is -0.326 e. The number of hydrogen-bond acceptors (Lipinski definition) is 2. The summed E-state index contributed by atoms with van der Waals surface area (Å²) >= 11 is 0.